The van der Waals surface area contributed by atoms with Gasteiger partial charge in [0.1, 0.15) is 34.4 Å². The molecule has 8 nitrogen and oxygen atoms in total. The number of urea groups is 2. The summed E-state index contributed by atoms with van der Waals surface area (Å²) in [5.41, 5.74) is -0.874. The van der Waals surface area contributed by atoms with Crippen LogP contribution >= 0.6 is 21.6 Å². The van der Waals surface area contributed by atoms with E-state index in [4.69, 9.17) is 0 Å². The van der Waals surface area contributed by atoms with E-state index in [1.807, 2.05) is 10.6 Å². The van der Waals surface area contributed by atoms with Crippen LogP contribution in [-0.4, -0.2) is 38.0 Å². The quantitative estimate of drug-likeness (QED) is 0.166. The summed E-state index contributed by atoms with van der Waals surface area (Å²) in [6, 6.07) is 17.6. The van der Waals surface area contributed by atoms with Crippen molar-refractivity contribution in [3.8, 4) is 0 Å². The fraction of sp³-hybridized carbons (Fsp3) is 0.0667. The largest absolute Gasteiger partial charge is 0.328 e. The number of imide groups is 2. The van der Waals surface area contributed by atoms with Crippen molar-refractivity contribution in [2.45, 2.75) is 9.79 Å². The van der Waals surface area contributed by atoms with Gasteiger partial charge in [0.05, 0.1) is 0 Å². The highest BCUT2D eigenvalue weighted by Crippen LogP contribution is 2.38. The molecule has 0 saturated heterocycles. The molecule has 2 N–H and O–H groups in total. The molecule has 0 bridgehead atoms. The van der Waals surface area contributed by atoms with Gasteiger partial charge in [-0.15, -0.1) is 0 Å². The molecule has 0 heterocycles. The third-order valence-electron chi connectivity index (χ3n) is 6.11. The van der Waals surface area contributed by atoms with Gasteiger partial charge in [0, 0.05) is 35.3 Å². The number of halogens is 4. The number of hydrogen-bond acceptors (Lipinski definition) is 6. The van der Waals surface area contributed by atoms with Gasteiger partial charge in [-0.1, -0.05) is 33.7 Å². The van der Waals surface area contributed by atoms with E-state index in [0.29, 0.717) is 11.4 Å². The maximum absolute atomic E-state index is 13.8. The number of amides is 6. The van der Waals surface area contributed by atoms with Crippen LogP contribution in [0, 0.1) is 23.3 Å². The summed E-state index contributed by atoms with van der Waals surface area (Å²) in [5.74, 6) is -6.76. The Hall–Kier alpha value is -4.82. The lowest BCUT2D eigenvalue weighted by Gasteiger charge is -2.18. The minimum atomic E-state index is -1.20. The molecular formula is C30H22F4N4O4S2. The average Bonchev–Trinajstić information content (AvgIpc) is 2.99. The molecule has 0 saturated carbocycles. The number of rotatable bonds is 7. The predicted octanol–water partition coefficient (Wildman–Crippen LogP) is 7.01. The fourth-order valence-corrected chi connectivity index (χ4v) is 5.63. The second-order valence-corrected chi connectivity index (χ2v) is 11.3. The molecule has 226 valence electrons. The first kappa shape index (κ1) is 32.1. The Morgan fingerprint density at radius 3 is 1.11 bits per heavy atom. The fourth-order valence-electron chi connectivity index (χ4n) is 3.70. The Labute approximate surface area is 256 Å². The molecule has 0 aliphatic carbocycles. The van der Waals surface area contributed by atoms with Crippen LogP contribution in [0.1, 0.15) is 20.7 Å². The van der Waals surface area contributed by atoms with Crippen molar-refractivity contribution in [1.29, 1.82) is 0 Å². The van der Waals surface area contributed by atoms with Gasteiger partial charge < -0.3 is 0 Å². The number of nitrogens with zero attached hydrogens (tertiary/aromatic N) is 2. The standard InChI is InChI=1S/C30H22F4N4O4S2/c1-37(29(41)35-27(39)25-21(31)5-3-6-22(25)32)17-9-13-19(14-10-17)43-44-20-15-11-18(12-16-20)38(2)30(42)36-28(40)26-23(33)7-4-8-24(26)34/h3-16H,1-2H3,(H,35,39,41)(H,36,40,42). The van der Waals surface area contributed by atoms with Crippen LogP contribution in [0.15, 0.2) is 94.7 Å². The molecule has 0 aliphatic heterocycles. The minimum absolute atomic E-state index is 0.417. The molecule has 0 unspecified atom stereocenters. The van der Waals surface area contributed by atoms with Crippen LogP contribution in [0.3, 0.4) is 0 Å². The predicted molar refractivity (Wildman–Crippen MR) is 160 cm³/mol. The highest BCUT2D eigenvalue weighted by molar-refractivity contribution is 8.76. The summed E-state index contributed by atoms with van der Waals surface area (Å²) < 4.78 is 55.4. The van der Waals surface area contributed by atoms with E-state index < -0.39 is 58.3 Å². The van der Waals surface area contributed by atoms with Gasteiger partial charge >= 0.3 is 12.1 Å². The Balaban J connectivity index is 1.29. The number of carbonyl (C=O) groups is 4. The molecule has 44 heavy (non-hydrogen) atoms. The Morgan fingerprint density at radius 1 is 0.523 bits per heavy atom. The number of nitrogens with one attached hydrogen (secondary N) is 2. The van der Waals surface area contributed by atoms with Crippen LogP contribution in [0.4, 0.5) is 38.5 Å². The Morgan fingerprint density at radius 2 is 0.818 bits per heavy atom. The number of anilines is 2. The highest BCUT2D eigenvalue weighted by Gasteiger charge is 2.23. The summed E-state index contributed by atoms with van der Waals surface area (Å²) >= 11 is 0. The number of benzene rings is 4. The van der Waals surface area contributed by atoms with Crippen molar-refractivity contribution < 1.29 is 36.7 Å². The van der Waals surface area contributed by atoms with Crippen molar-refractivity contribution in [3.05, 3.63) is 119 Å². The zero-order chi connectivity index (χ0) is 32.0. The Kier molecular flexibility index (Phi) is 10.3. The SMILES string of the molecule is CN(C(=O)NC(=O)c1c(F)cccc1F)c1ccc(SSc2ccc(N(C)C(=O)NC(=O)c3c(F)cccc3F)cc2)cc1. The zero-order valence-corrected chi connectivity index (χ0v) is 24.6. The smallest absolute Gasteiger partial charge is 0.297 e. The van der Waals surface area contributed by atoms with Crippen LogP contribution in [0.2, 0.25) is 0 Å². The van der Waals surface area contributed by atoms with Gasteiger partial charge in [-0.2, -0.15) is 0 Å². The van der Waals surface area contributed by atoms with Crippen LogP contribution in [-0.2, 0) is 0 Å². The second kappa shape index (κ2) is 14.1. The van der Waals surface area contributed by atoms with E-state index in [2.05, 4.69) is 0 Å². The van der Waals surface area contributed by atoms with Gasteiger partial charge in [0.15, 0.2) is 0 Å². The molecule has 4 aromatic carbocycles. The summed E-state index contributed by atoms with van der Waals surface area (Å²) in [5, 5.41) is 3.92. The van der Waals surface area contributed by atoms with Gasteiger partial charge in [-0.05, 0) is 72.8 Å². The zero-order valence-electron chi connectivity index (χ0n) is 22.9. The molecule has 0 spiro atoms. The first-order chi connectivity index (χ1) is 21.0. The molecule has 0 aromatic heterocycles. The van der Waals surface area contributed by atoms with Crippen molar-refractivity contribution in [2.24, 2.45) is 0 Å². The maximum Gasteiger partial charge on any atom is 0.328 e. The number of hydrogen-bond donors (Lipinski definition) is 2. The summed E-state index contributed by atoms with van der Waals surface area (Å²) in [4.78, 5) is 53.2. The lowest BCUT2D eigenvalue weighted by molar-refractivity contribution is 0.0947. The van der Waals surface area contributed by atoms with Crippen LogP contribution in [0.5, 0.6) is 0 Å². The maximum atomic E-state index is 13.8. The molecule has 0 atom stereocenters. The van der Waals surface area contributed by atoms with Gasteiger partial charge in [-0.25, -0.2) is 27.2 Å². The summed E-state index contributed by atoms with van der Waals surface area (Å²) in [6.07, 6.45) is 0. The highest BCUT2D eigenvalue weighted by atomic mass is 33.1. The third-order valence-corrected chi connectivity index (χ3v) is 8.53. The van der Waals surface area contributed by atoms with Crippen molar-refractivity contribution in [1.82, 2.24) is 10.6 Å². The third kappa shape index (κ3) is 7.57. The average molecular weight is 643 g/mol. The van der Waals surface area contributed by atoms with Crippen molar-refractivity contribution >= 4 is 56.8 Å². The number of carbonyl (C=O) groups excluding carboxylic acids is 4. The van der Waals surface area contributed by atoms with E-state index in [1.165, 1.54) is 35.7 Å². The normalized spacial score (nSPS) is 10.6. The van der Waals surface area contributed by atoms with E-state index in [9.17, 15) is 36.7 Å². The summed E-state index contributed by atoms with van der Waals surface area (Å²) in [6.45, 7) is 0. The van der Waals surface area contributed by atoms with Crippen molar-refractivity contribution in [3.63, 3.8) is 0 Å². The Bertz CT molecular complexity index is 1560. The van der Waals surface area contributed by atoms with Crippen LogP contribution < -0.4 is 20.4 Å². The second-order valence-electron chi connectivity index (χ2n) is 8.98. The first-order valence-corrected chi connectivity index (χ1v) is 14.7. The monoisotopic (exact) mass is 642 g/mol. The molecule has 14 heteroatoms. The van der Waals surface area contributed by atoms with E-state index in [0.717, 1.165) is 56.0 Å². The molecule has 0 aliphatic rings. The van der Waals surface area contributed by atoms with Gasteiger partial charge in [-0.3, -0.25) is 30.0 Å². The molecule has 0 fully saturated rings. The molecular weight excluding hydrogens is 620 g/mol. The van der Waals surface area contributed by atoms with E-state index in [1.54, 1.807) is 48.5 Å². The molecule has 4 rings (SSSR count). The minimum Gasteiger partial charge on any atom is -0.297 e. The van der Waals surface area contributed by atoms with Crippen LogP contribution in [0.25, 0.3) is 0 Å². The topological polar surface area (TPSA) is 98.8 Å². The molecule has 6 amide bonds. The van der Waals surface area contributed by atoms with Gasteiger partial charge in [0.25, 0.3) is 11.8 Å². The first-order valence-electron chi connectivity index (χ1n) is 12.6. The molecule has 0 radical (unpaired) electrons. The summed E-state index contributed by atoms with van der Waals surface area (Å²) in [7, 11) is 5.57. The van der Waals surface area contributed by atoms with E-state index in [-0.39, 0.29) is 0 Å². The van der Waals surface area contributed by atoms with Gasteiger partial charge in [0.2, 0.25) is 0 Å². The van der Waals surface area contributed by atoms with Crippen molar-refractivity contribution in [2.75, 3.05) is 23.9 Å². The van der Waals surface area contributed by atoms with E-state index >= 15 is 0 Å². The molecule has 4 aromatic rings. The lowest BCUT2D eigenvalue weighted by atomic mass is 10.2. The lowest BCUT2D eigenvalue weighted by Crippen LogP contribution is -2.41.